The number of rotatable bonds is 3. The Morgan fingerprint density at radius 2 is 1.95 bits per heavy atom. The first kappa shape index (κ1) is 13.0. The van der Waals surface area contributed by atoms with E-state index in [1.807, 2.05) is 6.92 Å². The van der Waals surface area contributed by atoms with Crippen molar-refractivity contribution < 1.29 is 14.3 Å². The van der Waals surface area contributed by atoms with Crippen LogP contribution in [0.5, 0.6) is 11.5 Å². The summed E-state index contributed by atoms with van der Waals surface area (Å²) in [6.07, 6.45) is -0.598. The summed E-state index contributed by atoms with van der Waals surface area (Å²) in [5.74, 6) is 1.24. The molecule has 0 saturated heterocycles. The standard InChI is InChI=1S/C16H13ClO3/c1-2-19-12-7-8-13-14(9-12)20-16(15(13)18)10-3-5-11(17)6-4-10/h3-9,16H,2H2,1H3. The number of carbonyl (C=O) groups excluding carboxylic acids is 1. The number of benzene rings is 2. The van der Waals surface area contributed by atoms with Crippen LogP contribution in [0.25, 0.3) is 0 Å². The maximum Gasteiger partial charge on any atom is 0.211 e. The molecule has 0 fully saturated rings. The molecule has 0 N–H and O–H groups in total. The van der Waals surface area contributed by atoms with Gasteiger partial charge in [0.25, 0.3) is 0 Å². The summed E-state index contributed by atoms with van der Waals surface area (Å²) in [7, 11) is 0. The van der Waals surface area contributed by atoms with Crippen LogP contribution in [-0.4, -0.2) is 12.4 Å². The van der Waals surface area contributed by atoms with Gasteiger partial charge in [0.05, 0.1) is 12.2 Å². The van der Waals surface area contributed by atoms with E-state index in [1.165, 1.54) is 0 Å². The van der Waals surface area contributed by atoms with Crippen LogP contribution in [0.4, 0.5) is 0 Å². The highest BCUT2D eigenvalue weighted by molar-refractivity contribution is 6.30. The first-order chi connectivity index (χ1) is 9.69. The zero-order valence-corrected chi connectivity index (χ0v) is 11.7. The summed E-state index contributed by atoms with van der Waals surface area (Å²) in [5.41, 5.74) is 1.39. The Bertz CT molecular complexity index is 649. The lowest BCUT2D eigenvalue weighted by molar-refractivity contribution is 0.0858. The van der Waals surface area contributed by atoms with Crippen molar-refractivity contribution in [1.29, 1.82) is 0 Å². The number of hydrogen-bond acceptors (Lipinski definition) is 3. The SMILES string of the molecule is CCOc1ccc2c(c1)OC(c1ccc(Cl)cc1)C2=O. The minimum Gasteiger partial charge on any atom is -0.494 e. The van der Waals surface area contributed by atoms with Gasteiger partial charge in [-0.05, 0) is 31.2 Å². The molecular weight excluding hydrogens is 276 g/mol. The Morgan fingerprint density at radius 1 is 1.20 bits per heavy atom. The van der Waals surface area contributed by atoms with Gasteiger partial charge in [0.1, 0.15) is 11.5 Å². The molecule has 1 unspecified atom stereocenters. The van der Waals surface area contributed by atoms with E-state index in [9.17, 15) is 4.79 Å². The largest absolute Gasteiger partial charge is 0.494 e. The zero-order chi connectivity index (χ0) is 14.1. The normalized spacial score (nSPS) is 16.7. The lowest BCUT2D eigenvalue weighted by Crippen LogP contribution is -2.10. The molecule has 0 bridgehead atoms. The Morgan fingerprint density at radius 3 is 2.65 bits per heavy atom. The van der Waals surface area contributed by atoms with Crippen molar-refractivity contribution in [2.45, 2.75) is 13.0 Å². The van der Waals surface area contributed by atoms with Crippen molar-refractivity contribution in [3.05, 3.63) is 58.6 Å². The number of ketones is 1. The van der Waals surface area contributed by atoms with E-state index in [4.69, 9.17) is 21.1 Å². The van der Waals surface area contributed by atoms with E-state index < -0.39 is 6.10 Å². The molecule has 0 aliphatic carbocycles. The Balaban J connectivity index is 1.91. The van der Waals surface area contributed by atoms with Crippen molar-refractivity contribution in [2.24, 2.45) is 0 Å². The molecule has 1 atom stereocenters. The fraction of sp³-hybridized carbons (Fsp3) is 0.188. The van der Waals surface area contributed by atoms with Crippen LogP contribution in [0.3, 0.4) is 0 Å². The third-order valence-electron chi connectivity index (χ3n) is 3.19. The number of hydrogen-bond donors (Lipinski definition) is 0. The zero-order valence-electron chi connectivity index (χ0n) is 10.9. The predicted molar refractivity (Wildman–Crippen MR) is 76.8 cm³/mol. The molecule has 0 saturated carbocycles. The molecule has 0 aromatic heterocycles. The van der Waals surface area contributed by atoms with Crippen molar-refractivity contribution in [3.63, 3.8) is 0 Å². The fourth-order valence-corrected chi connectivity index (χ4v) is 2.36. The van der Waals surface area contributed by atoms with Gasteiger partial charge in [-0.25, -0.2) is 0 Å². The van der Waals surface area contributed by atoms with Gasteiger partial charge in [-0.2, -0.15) is 0 Å². The van der Waals surface area contributed by atoms with Crippen LogP contribution >= 0.6 is 11.6 Å². The van der Waals surface area contributed by atoms with Gasteiger partial charge in [-0.3, -0.25) is 4.79 Å². The molecule has 1 heterocycles. The fourth-order valence-electron chi connectivity index (χ4n) is 2.24. The summed E-state index contributed by atoms with van der Waals surface area (Å²) < 4.78 is 11.2. The van der Waals surface area contributed by atoms with Gasteiger partial charge in [0, 0.05) is 16.7 Å². The second kappa shape index (κ2) is 5.17. The van der Waals surface area contributed by atoms with Crippen LogP contribution in [0, 0.1) is 0 Å². The average Bonchev–Trinajstić information content (AvgIpc) is 2.77. The molecular formula is C16H13ClO3. The molecule has 3 nitrogen and oxygen atoms in total. The maximum atomic E-state index is 12.4. The quantitative estimate of drug-likeness (QED) is 0.854. The van der Waals surface area contributed by atoms with E-state index in [2.05, 4.69) is 0 Å². The van der Waals surface area contributed by atoms with Crippen molar-refractivity contribution >= 4 is 17.4 Å². The second-order valence-corrected chi connectivity index (χ2v) is 4.94. The molecule has 20 heavy (non-hydrogen) atoms. The Hall–Kier alpha value is -2.00. The van der Waals surface area contributed by atoms with E-state index in [0.29, 0.717) is 28.7 Å². The Kier molecular flexibility index (Phi) is 3.36. The third kappa shape index (κ3) is 2.25. The highest BCUT2D eigenvalue weighted by Gasteiger charge is 2.33. The molecule has 4 heteroatoms. The first-order valence-corrected chi connectivity index (χ1v) is 6.80. The predicted octanol–water partition coefficient (Wildman–Crippen LogP) is 4.06. The van der Waals surface area contributed by atoms with Gasteiger partial charge in [-0.15, -0.1) is 0 Å². The van der Waals surface area contributed by atoms with Crippen molar-refractivity contribution in [2.75, 3.05) is 6.61 Å². The van der Waals surface area contributed by atoms with Crippen molar-refractivity contribution in [3.8, 4) is 11.5 Å². The summed E-state index contributed by atoms with van der Waals surface area (Å²) in [5, 5.41) is 0.635. The van der Waals surface area contributed by atoms with Crippen LogP contribution < -0.4 is 9.47 Å². The van der Waals surface area contributed by atoms with Gasteiger partial charge < -0.3 is 9.47 Å². The molecule has 2 aromatic rings. The number of fused-ring (bicyclic) bond motifs is 1. The monoisotopic (exact) mass is 288 g/mol. The molecule has 102 valence electrons. The van der Waals surface area contributed by atoms with Gasteiger partial charge in [0.15, 0.2) is 6.10 Å². The molecule has 0 radical (unpaired) electrons. The lowest BCUT2D eigenvalue weighted by atomic mass is 10.0. The number of ether oxygens (including phenoxy) is 2. The third-order valence-corrected chi connectivity index (χ3v) is 3.44. The van der Waals surface area contributed by atoms with Crippen LogP contribution in [0.2, 0.25) is 5.02 Å². The molecule has 0 spiro atoms. The van der Waals surface area contributed by atoms with Crippen molar-refractivity contribution in [1.82, 2.24) is 0 Å². The Labute approximate surface area is 122 Å². The minimum absolute atomic E-state index is 0.0367. The average molecular weight is 289 g/mol. The van der Waals surface area contributed by atoms with Crippen LogP contribution in [-0.2, 0) is 0 Å². The molecule has 0 amide bonds. The summed E-state index contributed by atoms with van der Waals surface area (Å²) in [6.45, 7) is 2.49. The number of carbonyl (C=O) groups is 1. The smallest absolute Gasteiger partial charge is 0.211 e. The molecule has 3 rings (SSSR count). The summed E-state index contributed by atoms with van der Waals surface area (Å²) in [6, 6.07) is 12.4. The summed E-state index contributed by atoms with van der Waals surface area (Å²) >= 11 is 5.86. The topological polar surface area (TPSA) is 35.5 Å². The maximum absolute atomic E-state index is 12.4. The first-order valence-electron chi connectivity index (χ1n) is 6.42. The van der Waals surface area contributed by atoms with Crippen LogP contribution in [0.15, 0.2) is 42.5 Å². The molecule has 2 aromatic carbocycles. The molecule has 1 aliphatic rings. The van der Waals surface area contributed by atoms with Crippen LogP contribution in [0.1, 0.15) is 28.9 Å². The number of halogens is 1. The van der Waals surface area contributed by atoms with Gasteiger partial charge >= 0.3 is 0 Å². The van der Waals surface area contributed by atoms with E-state index in [0.717, 1.165) is 5.56 Å². The van der Waals surface area contributed by atoms with E-state index >= 15 is 0 Å². The highest BCUT2D eigenvalue weighted by Crippen LogP contribution is 2.38. The van der Waals surface area contributed by atoms with E-state index in [-0.39, 0.29) is 5.78 Å². The summed E-state index contributed by atoms with van der Waals surface area (Å²) in [4.78, 5) is 12.4. The lowest BCUT2D eigenvalue weighted by Gasteiger charge is -2.09. The second-order valence-electron chi connectivity index (χ2n) is 4.50. The van der Waals surface area contributed by atoms with Gasteiger partial charge in [-0.1, -0.05) is 23.7 Å². The van der Waals surface area contributed by atoms with E-state index in [1.54, 1.807) is 42.5 Å². The number of Topliss-reactive ketones (excluding diaryl/α,β-unsaturated/α-hetero) is 1. The molecule has 1 aliphatic heterocycles. The highest BCUT2D eigenvalue weighted by atomic mass is 35.5. The minimum atomic E-state index is -0.598. The van der Waals surface area contributed by atoms with Gasteiger partial charge in [0.2, 0.25) is 5.78 Å².